The van der Waals surface area contributed by atoms with Crippen molar-refractivity contribution >= 4 is 50.6 Å². The molecule has 0 radical (unpaired) electrons. The second-order valence-corrected chi connectivity index (χ2v) is 6.98. The van der Waals surface area contributed by atoms with Gasteiger partial charge in [0.25, 0.3) is 11.1 Å². The molecule has 1 N–H and O–H groups in total. The van der Waals surface area contributed by atoms with E-state index in [0.717, 1.165) is 16.7 Å². The Hall–Kier alpha value is -2.25. The lowest BCUT2D eigenvalue weighted by Crippen LogP contribution is -2.27. The number of thioether (sulfide) groups is 1. The zero-order valence-electron chi connectivity index (χ0n) is 13.2. The number of phenols is 1. The van der Waals surface area contributed by atoms with Gasteiger partial charge in [0.05, 0.1) is 21.7 Å². The molecule has 7 heteroatoms. The molecule has 5 nitrogen and oxygen atoms in total. The van der Waals surface area contributed by atoms with Gasteiger partial charge in [0.2, 0.25) is 0 Å². The van der Waals surface area contributed by atoms with E-state index in [2.05, 4.69) is 15.9 Å². The largest absolute Gasteiger partial charge is 0.503 e. The molecule has 0 spiro atoms. The van der Waals surface area contributed by atoms with E-state index in [1.165, 1.54) is 0 Å². The summed E-state index contributed by atoms with van der Waals surface area (Å²) >= 11 is 4.14. The maximum Gasteiger partial charge on any atom is 0.298 e. The minimum absolute atomic E-state index is 0.00334. The first-order chi connectivity index (χ1) is 12.0. The normalized spacial score (nSPS) is 15.9. The van der Waals surface area contributed by atoms with Crippen molar-refractivity contribution in [2.24, 2.45) is 0 Å². The molecule has 2 aromatic carbocycles. The Morgan fingerprint density at radius 2 is 1.96 bits per heavy atom. The number of benzene rings is 2. The molecule has 0 atom stereocenters. The van der Waals surface area contributed by atoms with Crippen LogP contribution in [0.3, 0.4) is 0 Å². The van der Waals surface area contributed by atoms with Crippen LogP contribution in [0.1, 0.15) is 12.5 Å². The highest BCUT2D eigenvalue weighted by atomic mass is 79.9. The van der Waals surface area contributed by atoms with Crippen molar-refractivity contribution < 1.29 is 19.4 Å². The number of hydrogen-bond donors (Lipinski definition) is 1. The van der Waals surface area contributed by atoms with E-state index < -0.39 is 0 Å². The SMILES string of the molecule is CCOc1cc(/C=C2\SC(=O)N(c3ccccc3)C2=O)cc(Br)c1O. The average molecular weight is 420 g/mol. The van der Waals surface area contributed by atoms with Crippen molar-refractivity contribution in [3.05, 3.63) is 57.4 Å². The van der Waals surface area contributed by atoms with E-state index in [9.17, 15) is 14.7 Å². The summed E-state index contributed by atoms with van der Waals surface area (Å²) in [5.74, 6) is -0.0647. The van der Waals surface area contributed by atoms with Gasteiger partial charge in [-0.05, 0) is 70.5 Å². The summed E-state index contributed by atoms with van der Waals surface area (Å²) in [5, 5.41) is 9.63. The highest BCUT2D eigenvalue weighted by Gasteiger charge is 2.36. The van der Waals surface area contributed by atoms with Gasteiger partial charge in [0.1, 0.15) is 0 Å². The van der Waals surface area contributed by atoms with E-state index in [1.54, 1.807) is 42.5 Å². The molecule has 0 saturated carbocycles. The van der Waals surface area contributed by atoms with E-state index in [1.807, 2.05) is 13.0 Å². The number of aromatic hydroxyl groups is 1. The summed E-state index contributed by atoms with van der Waals surface area (Å²) < 4.78 is 5.83. The smallest absolute Gasteiger partial charge is 0.298 e. The van der Waals surface area contributed by atoms with Crippen LogP contribution < -0.4 is 9.64 Å². The van der Waals surface area contributed by atoms with Gasteiger partial charge >= 0.3 is 0 Å². The standard InChI is InChI=1S/C18H14BrNO4S/c1-2-24-14-9-11(8-13(19)16(14)21)10-15-17(22)20(18(23)25-15)12-6-4-3-5-7-12/h3-10,21H,2H2,1H3/b15-10-. The molecule has 1 fully saturated rings. The van der Waals surface area contributed by atoms with Crippen molar-refractivity contribution in [3.63, 3.8) is 0 Å². The Kier molecular flexibility index (Phi) is 5.15. The molecule has 0 aliphatic carbocycles. The second-order valence-electron chi connectivity index (χ2n) is 5.14. The molecule has 0 aromatic heterocycles. The lowest BCUT2D eigenvalue weighted by Gasteiger charge is -2.11. The fourth-order valence-corrected chi connectivity index (χ4v) is 3.66. The third-order valence-electron chi connectivity index (χ3n) is 3.46. The lowest BCUT2D eigenvalue weighted by molar-refractivity contribution is -0.113. The Morgan fingerprint density at radius 3 is 2.64 bits per heavy atom. The number of carbonyl (C=O) groups excluding carboxylic acids is 2. The molecule has 0 bridgehead atoms. The van der Waals surface area contributed by atoms with E-state index >= 15 is 0 Å². The Morgan fingerprint density at radius 1 is 1.24 bits per heavy atom. The van der Waals surface area contributed by atoms with E-state index in [0.29, 0.717) is 33.0 Å². The predicted octanol–water partition coefficient (Wildman–Crippen LogP) is 4.79. The molecule has 1 heterocycles. The number of carbonyl (C=O) groups is 2. The van der Waals surface area contributed by atoms with Crippen LogP contribution in [0.2, 0.25) is 0 Å². The lowest BCUT2D eigenvalue weighted by atomic mass is 10.2. The van der Waals surface area contributed by atoms with Crippen LogP contribution in [0.15, 0.2) is 51.8 Å². The Labute approximate surface area is 157 Å². The minimum Gasteiger partial charge on any atom is -0.503 e. The summed E-state index contributed by atoms with van der Waals surface area (Å²) in [6.45, 7) is 2.21. The third-order valence-corrected chi connectivity index (χ3v) is 4.93. The summed E-state index contributed by atoms with van der Waals surface area (Å²) in [6.07, 6.45) is 1.61. The highest BCUT2D eigenvalue weighted by Crippen LogP contribution is 2.39. The number of phenolic OH excluding ortho intramolecular Hbond substituents is 1. The van der Waals surface area contributed by atoms with Crippen LogP contribution in [-0.2, 0) is 4.79 Å². The van der Waals surface area contributed by atoms with Gasteiger partial charge in [-0.1, -0.05) is 18.2 Å². The van der Waals surface area contributed by atoms with Crippen molar-refractivity contribution in [1.29, 1.82) is 0 Å². The van der Waals surface area contributed by atoms with Crippen LogP contribution in [0.25, 0.3) is 6.08 Å². The molecule has 0 unspecified atom stereocenters. The van der Waals surface area contributed by atoms with Gasteiger partial charge < -0.3 is 9.84 Å². The van der Waals surface area contributed by atoms with E-state index in [-0.39, 0.29) is 16.9 Å². The Balaban J connectivity index is 1.95. The number of rotatable bonds is 4. The molecular weight excluding hydrogens is 406 g/mol. The summed E-state index contributed by atoms with van der Waals surface area (Å²) in [6, 6.07) is 12.1. The maximum absolute atomic E-state index is 12.6. The van der Waals surface area contributed by atoms with Crippen molar-refractivity contribution in [1.82, 2.24) is 0 Å². The highest BCUT2D eigenvalue weighted by molar-refractivity contribution is 9.10. The average Bonchev–Trinajstić information content (AvgIpc) is 2.87. The predicted molar refractivity (Wildman–Crippen MR) is 102 cm³/mol. The maximum atomic E-state index is 12.6. The number of anilines is 1. The zero-order chi connectivity index (χ0) is 18.0. The quantitative estimate of drug-likeness (QED) is 0.721. The summed E-state index contributed by atoms with van der Waals surface area (Å²) in [5.41, 5.74) is 1.18. The van der Waals surface area contributed by atoms with Crippen molar-refractivity contribution in [2.45, 2.75) is 6.92 Å². The summed E-state index contributed by atoms with van der Waals surface area (Å²) in [4.78, 5) is 26.3. The van der Waals surface area contributed by atoms with Gasteiger partial charge in [0, 0.05) is 0 Å². The van der Waals surface area contributed by atoms with E-state index in [4.69, 9.17) is 4.74 Å². The Bertz CT molecular complexity index is 867. The van der Waals surface area contributed by atoms with Crippen LogP contribution in [0, 0.1) is 0 Å². The molecule has 1 aliphatic heterocycles. The zero-order valence-corrected chi connectivity index (χ0v) is 15.6. The summed E-state index contributed by atoms with van der Waals surface area (Å²) in [7, 11) is 0. The molecule has 1 aliphatic rings. The van der Waals surface area contributed by atoms with Crippen LogP contribution in [0.5, 0.6) is 11.5 Å². The van der Waals surface area contributed by atoms with Gasteiger partial charge in [0.15, 0.2) is 11.5 Å². The number of amides is 2. The topological polar surface area (TPSA) is 66.8 Å². The van der Waals surface area contributed by atoms with Crippen LogP contribution in [-0.4, -0.2) is 22.9 Å². The monoisotopic (exact) mass is 419 g/mol. The number of hydrogen-bond acceptors (Lipinski definition) is 5. The van der Waals surface area contributed by atoms with Gasteiger partial charge in [-0.25, -0.2) is 4.90 Å². The van der Waals surface area contributed by atoms with Gasteiger partial charge in [-0.15, -0.1) is 0 Å². The number of para-hydroxylation sites is 1. The number of halogens is 1. The van der Waals surface area contributed by atoms with Crippen molar-refractivity contribution in [2.75, 3.05) is 11.5 Å². The van der Waals surface area contributed by atoms with Crippen molar-refractivity contribution in [3.8, 4) is 11.5 Å². The molecule has 1 saturated heterocycles. The van der Waals surface area contributed by atoms with Gasteiger partial charge in [-0.3, -0.25) is 9.59 Å². The number of imide groups is 1. The van der Waals surface area contributed by atoms with Crippen LogP contribution in [0.4, 0.5) is 10.5 Å². The molecule has 3 rings (SSSR count). The molecule has 128 valence electrons. The third kappa shape index (κ3) is 3.57. The number of ether oxygens (including phenoxy) is 1. The second kappa shape index (κ2) is 7.33. The molecule has 2 amide bonds. The minimum atomic E-state index is -0.372. The first-order valence-electron chi connectivity index (χ1n) is 7.49. The first-order valence-corrected chi connectivity index (χ1v) is 9.10. The fraction of sp³-hybridized carbons (Fsp3) is 0.111. The number of nitrogens with zero attached hydrogens (tertiary/aromatic N) is 1. The van der Waals surface area contributed by atoms with Crippen LogP contribution >= 0.6 is 27.7 Å². The fourth-order valence-electron chi connectivity index (χ4n) is 2.36. The first kappa shape index (κ1) is 17.6. The molecular formula is C18H14BrNO4S. The molecule has 2 aromatic rings. The van der Waals surface area contributed by atoms with Gasteiger partial charge in [-0.2, -0.15) is 0 Å². The molecule has 25 heavy (non-hydrogen) atoms.